The molecule has 156 valence electrons. The average molecular weight is 414 g/mol. The van der Waals surface area contributed by atoms with Crippen LogP contribution >= 0.6 is 0 Å². The minimum Gasteiger partial charge on any atom is -0.361 e. The minimum atomic E-state index is -4.52. The van der Waals surface area contributed by atoms with Gasteiger partial charge in [-0.2, -0.15) is 18.3 Å². The molecular weight excluding hydrogens is 393 g/mol. The maximum Gasteiger partial charge on any atom is 0.406 e. The van der Waals surface area contributed by atoms with Crippen molar-refractivity contribution < 1.29 is 18.0 Å². The van der Waals surface area contributed by atoms with E-state index in [0.717, 1.165) is 10.5 Å². The predicted octanol–water partition coefficient (Wildman–Crippen LogP) is 4.68. The van der Waals surface area contributed by atoms with Crippen molar-refractivity contribution in [3.63, 3.8) is 0 Å². The molecule has 0 bridgehead atoms. The van der Waals surface area contributed by atoms with E-state index in [1.54, 1.807) is 29.8 Å². The van der Waals surface area contributed by atoms with Gasteiger partial charge in [0.15, 0.2) is 0 Å². The van der Waals surface area contributed by atoms with Gasteiger partial charge in [-0.1, -0.05) is 42.5 Å². The van der Waals surface area contributed by atoms with E-state index in [-0.39, 0.29) is 5.56 Å². The van der Waals surface area contributed by atoms with Crippen LogP contribution in [0.15, 0.2) is 54.6 Å². The molecule has 1 aromatic heterocycles. The second-order valence-electron chi connectivity index (χ2n) is 7.37. The molecule has 2 aromatic carbocycles. The maximum absolute atomic E-state index is 13.3. The fraction of sp³-hybridized carbons (Fsp3) is 0.273. The van der Waals surface area contributed by atoms with Crippen molar-refractivity contribution in [1.29, 1.82) is 0 Å². The first-order valence-electron chi connectivity index (χ1n) is 9.56. The van der Waals surface area contributed by atoms with E-state index >= 15 is 0 Å². The van der Waals surface area contributed by atoms with Crippen LogP contribution in [0.1, 0.15) is 39.0 Å². The number of carbonyl (C=O) groups is 1. The van der Waals surface area contributed by atoms with Crippen LogP contribution in [0.5, 0.6) is 0 Å². The number of aryl methyl sites for hydroxylation is 1. The Hall–Kier alpha value is -3.29. The van der Waals surface area contributed by atoms with Gasteiger partial charge in [0.2, 0.25) is 0 Å². The van der Waals surface area contributed by atoms with Crippen LogP contribution in [0.3, 0.4) is 0 Å². The first-order valence-corrected chi connectivity index (χ1v) is 9.56. The van der Waals surface area contributed by atoms with Crippen molar-refractivity contribution in [3.05, 3.63) is 82.7 Å². The van der Waals surface area contributed by atoms with Gasteiger partial charge in [0, 0.05) is 16.9 Å². The molecule has 0 unspecified atom stereocenters. The minimum absolute atomic E-state index is 0.227. The van der Waals surface area contributed by atoms with Gasteiger partial charge < -0.3 is 10.2 Å². The van der Waals surface area contributed by atoms with Gasteiger partial charge >= 0.3 is 6.18 Å². The first kappa shape index (κ1) is 20.0. The number of fused-ring (bicyclic) bond motifs is 1. The van der Waals surface area contributed by atoms with E-state index in [0.29, 0.717) is 29.2 Å². The van der Waals surface area contributed by atoms with Gasteiger partial charge in [0.1, 0.15) is 12.7 Å². The number of rotatable bonds is 4. The Morgan fingerprint density at radius 2 is 1.70 bits per heavy atom. The van der Waals surface area contributed by atoms with Crippen molar-refractivity contribution in [2.75, 3.05) is 11.9 Å². The molecule has 0 saturated carbocycles. The number of benzene rings is 2. The molecule has 30 heavy (non-hydrogen) atoms. The van der Waals surface area contributed by atoms with Crippen LogP contribution in [0.2, 0.25) is 0 Å². The number of alkyl halides is 3. The lowest BCUT2D eigenvalue weighted by Crippen LogP contribution is -2.47. The summed E-state index contributed by atoms with van der Waals surface area (Å²) in [6.07, 6.45) is -5.48. The molecule has 0 aliphatic carbocycles. The summed E-state index contributed by atoms with van der Waals surface area (Å²) in [7, 11) is 0. The Bertz CT molecular complexity index is 1080. The lowest BCUT2D eigenvalue weighted by molar-refractivity contribution is -0.144. The number of aromatic nitrogens is 2. The molecule has 0 saturated heterocycles. The molecule has 1 aliphatic rings. The molecule has 3 aromatic rings. The highest BCUT2D eigenvalue weighted by atomic mass is 19.4. The highest BCUT2D eigenvalue weighted by Crippen LogP contribution is 2.37. The SMILES string of the molecule is Cc1nn(Cc2ccccc2)c(C)c1[C@H]1Nc2ccccc2C(=O)N1CC(F)(F)F. The molecule has 1 amide bonds. The number of carbonyl (C=O) groups excluding carboxylic acids is 1. The van der Waals surface area contributed by atoms with E-state index in [1.807, 2.05) is 37.3 Å². The van der Waals surface area contributed by atoms with Gasteiger partial charge in [-0.15, -0.1) is 0 Å². The zero-order chi connectivity index (χ0) is 21.5. The zero-order valence-electron chi connectivity index (χ0n) is 16.6. The Morgan fingerprint density at radius 1 is 1.03 bits per heavy atom. The van der Waals surface area contributed by atoms with Crippen LogP contribution in [0, 0.1) is 13.8 Å². The summed E-state index contributed by atoms with van der Waals surface area (Å²) in [4.78, 5) is 13.8. The summed E-state index contributed by atoms with van der Waals surface area (Å²) in [5.74, 6) is -0.652. The summed E-state index contributed by atoms with van der Waals surface area (Å²) in [5.41, 5.74) is 3.65. The van der Waals surface area contributed by atoms with Crippen molar-refractivity contribution in [3.8, 4) is 0 Å². The first-order chi connectivity index (χ1) is 14.2. The lowest BCUT2D eigenvalue weighted by atomic mass is 10.0. The molecule has 2 heterocycles. The van der Waals surface area contributed by atoms with Crippen molar-refractivity contribution in [2.45, 2.75) is 32.7 Å². The standard InChI is InChI=1S/C22H21F3N4O/c1-14-19(15(2)29(27-14)12-16-8-4-3-5-9-16)20-26-18-11-7-6-10-17(18)21(30)28(20)13-22(23,24)25/h3-11,20,26H,12-13H2,1-2H3/t20-/m0/s1. The molecule has 0 spiro atoms. The number of hydrogen-bond acceptors (Lipinski definition) is 3. The lowest BCUT2D eigenvalue weighted by Gasteiger charge is -2.38. The third-order valence-corrected chi connectivity index (χ3v) is 5.26. The van der Waals surface area contributed by atoms with Crippen molar-refractivity contribution >= 4 is 11.6 Å². The topological polar surface area (TPSA) is 50.2 Å². The second-order valence-corrected chi connectivity index (χ2v) is 7.37. The molecule has 0 fully saturated rings. The number of anilines is 1. The van der Waals surface area contributed by atoms with E-state index in [1.165, 1.54) is 6.07 Å². The Labute approximate surface area is 172 Å². The van der Waals surface area contributed by atoms with Crippen LogP contribution in [-0.4, -0.2) is 33.3 Å². The molecule has 1 atom stereocenters. The number of amides is 1. The third kappa shape index (κ3) is 3.77. The van der Waals surface area contributed by atoms with Gasteiger partial charge in [0.25, 0.3) is 5.91 Å². The Balaban J connectivity index is 1.76. The number of para-hydroxylation sites is 1. The van der Waals surface area contributed by atoms with Gasteiger partial charge in [-0.25, -0.2) is 0 Å². The number of nitrogens with zero attached hydrogens (tertiary/aromatic N) is 3. The number of nitrogens with one attached hydrogen (secondary N) is 1. The summed E-state index contributed by atoms with van der Waals surface area (Å²) < 4.78 is 41.8. The fourth-order valence-electron chi connectivity index (χ4n) is 3.89. The molecule has 8 heteroatoms. The van der Waals surface area contributed by atoms with Crippen LogP contribution in [0.4, 0.5) is 18.9 Å². The van der Waals surface area contributed by atoms with Crippen LogP contribution in [-0.2, 0) is 6.54 Å². The molecular formula is C22H21F3N4O. The predicted molar refractivity (Wildman–Crippen MR) is 107 cm³/mol. The van der Waals surface area contributed by atoms with E-state index in [9.17, 15) is 18.0 Å². The summed E-state index contributed by atoms with van der Waals surface area (Å²) >= 11 is 0. The van der Waals surface area contributed by atoms with Gasteiger partial charge in [-0.05, 0) is 31.5 Å². The molecule has 1 aliphatic heterocycles. The van der Waals surface area contributed by atoms with E-state index in [4.69, 9.17) is 0 Å². The molecule has 5 nitrogen and oxygen atoms in total. The highest BCUT2D eigenvalue weighted by molar-refractivity contribution is 6.01. The Morgan fingerprint density at radius 3 is 2.40 bits per heavy atom. The van der Waals surface area contributed by atoms with E-state index in [2.05, 4.69) is 10.4 Å². The summed E-state index contributed by atoms with van der Waals surface area (Å²) in [5, 5.41) is 7.68. The zero-order valence-corrected chi connectivity index (χ0v) is 16.6. The number of halogens is 3. The average Bonchev–Trinajstić information content (AvgIpc) is 2.97. The summed E-state index contributed by atoms with van der Waals surface area (Å²) in [6.45, 7) is 2.71. The Kier molecular flexibility index (Phi) is 5.01. The maximum atomic E-state index is 13.3. The molecule has 0 radical (unpaired) electrons. The van der Waals surface area contributed by atoms with Gasteiger partial charge in [0.05, 0.1) is 17.8 Å². The van der Waals surface area contributed by atoms with Crippen molar-refractivity contribution in [2.24, 2.45) is 0 Å². The largest absolute Gasteiger partial charge is 0.406 e. The van der Waals surface area contributed by atoms with Gasteiger partial charge in [-0.3, -0.25) is 9.48 Å². The van der Waals surface area contributed by atoms with Crippen LogP contribution < -0.4 is 5.32 Å². The van der Waals surface area contributed by atoms with Crippen LogP contribution in [0.25, 0.3) is 0 Å². The monoisotopic (exact) mass is 414 g/mol. The summed E-state index contributed by atoms with van der Waals surface area (Å²) in [6, 6.07) is 16.3. The smallest absolute Gasteiger partial charge is 0.361 e. The quantitative estimate of drug-likeness (QED) is 0.675. The fourth-order valence-corrected chi connectivity index (χ4v) is 3.89. The highest BCUT2D eigenvalue weighted by Gasteiger charge is 2.42. The number of hydrogen-bond donors (Lipinski definition) is 1. The third-order valence-electron chi connectivity index (χ3n) is 5.26. The molecule has 4 rings (SSSR count). The van der Waals surface area contributed by atoms with Crippen molar-refractivity contribution in [1.82, 2.24) is 14.7 Å². The normalized spacial score (nSPS) is 16.4. The van der Waals surface area contributed by atoms with E-state index < -0.39 is 24.8 Å². The second kappa shape index (κ2) is 7.51. The molecule has 1 N–H and O–H groups in total.